The highest BCUT2D eigenvalue weighted by Crippen LogP contribution is 2.32. The van der Waals surface area contributed by atoms with Crippen LogP contribution < -0.4 is 20.1 Å². The van der Waals surface area contributed by atoms with Gasteiger partial charge in [0.2, 0.25) is 0 Å². The smallest absolute Gasteiger partial charge is 0.340 e. The number of ether oxygens (including phenoxy) is 3. The molecule has 176 valence electrons. The molecule has 2 N–H and O–H groups in total. The molecule has 7 nitrogen and oxygen atoms in total. The minimum atomic E-state index is -2.50. The lowest BCUT2D eigenvalue weighted by molar-refractivity contribution is -0.119. The predicted octanol–water partition coefficient (Wildman–Crippen LogP) is 5.31. The quantitative estimate of drug-likeness (QED) is 0.330. The van der Waals surface area contributed by atoms with E-state index in [1.807, 2.05) is 0 Å². The number of alkyl halides is 2. The van der Waals surface area contributed by atoms with E-state index >= 15 is 0 Å². The molecular formula is C24H20F2N2O5S. The van der Waals surface area contributed by atoms with E-state index in [0.717, 1.165) is 0 Å². The van der Waals surface area contributed by atoms with Crippen LogP contribution in [-0.4, -0.2) is 37.5 Å². The second-order valence-electron chi connectivity index (χ2n) is 7.06. The molecule has 0 unspecified atom stereocenters. The molecule has 3 aromatic carbocycles. The van der Waals surface area contributed by atoms with Gasteiger partial charge in [0, 0.05) is 22.3 Å². The van der Waals surface area contributed by atoms with Gasteiger partial charge in [0.15, 0.2) is 18.1 Å². The Morgan fingerprint density at radius 1 is 0.941 bits per heavy atom. The van der Waals surface area contributed by atoms with Crippen LogP contribution in [0, 0.1) is 0 Å². The Hall–Kier alpha value is -3.79. The molecule has 10 heteroatoms. The molecule has 0 saturated carbocycles. The van der Waals surface area contributed by atoms with Gasteiger partial charge in [0.05, 0.1) is 11.3 Å². The molecule has 34 heavy (non-hydrogen) atoms. The zero-order chi connectivity index (χ0) is 23.9. The third-order valence-corrected chi connectivity index (χ3v) is 5.39. The van der Waals surface area contributed by atoms with Gasteiger partial charge in [-0.05, 0) is 48.5 Å². The number of carbonyl (C=O) groups excluding carboxylic acids is 2. The summed E-state index contributed by atoms with van der Waals surface area (Å²) in [4.78, 5) is 25.3. The van der Waals surface area contributed by atoms with Crippen molar-refractivity contribution in [3.8, 4) is 11.5 Å². The van der Waals surface area contributed by atoms with Crippen molar-refractivity contribution < 1.29 is 32.6 Å². The van der Waals surface area contributed by atoms with Gasteiger partial charge in [-0.15, -0.1) is 0 Å². The zero-order valence-electron chi connectivity index (χ0n) is 17.8. The number of esters is 1. The summed E-state index contributed by atoms with van der Waals surface area (Å²) in [6.45, 7) is 0.406. The van der Waals surface area contributed by atoms with Crippen molar-refractivity contribution >= 4 is 40.7 Å². The van der Waals surface area contributed by atoms with Crippen molar-refractivity contribution in [3.05, 3.63) is 72.3 Å². The zero-order valence-corrected chi connectivity index (χ0v) is 18.6. The molecule has 3 aromatic rings. The van der Waals surface area contributed by atoms with Crippen LogP contribution in [0.5, 0.6) is 11.5 Å². The number of thioether (sulfide) groups is 1. The molecule has 1 heterocycles. The van der Waals surface area contributed by atoms with Gasteiger partial charge in [-0.1, -0.05) is 23.9 Å². The van der Waals surface area contributed by atoms with Gasteiger partial charge < -0.3 is 24.8 Å². The van der Waals surface area contributed by atoms with Gasteiger partial charge in [-0.25, -0.2) is 4.79 Å². The van der Waals surface area contributed by atoms with Gasteiger partial charge in [-0.3, -0.25) is 4.79 Å². The maximum absolute atomic E-state index is 12.6. The van der Waals surface area contributed by atoms with Crippen LogP contribution in [0.15, 0.2) is 71.6 Å². The number of benzene rings is 3. The first-order valence-corrected chi connectivity index (χ1v) is 11.1. The molecule has 1 aliphatic rings. The molecule has 0 aromatic heterocycles. The van der Waals surface area contributed by atoms with Crippen LogP contribution in [0.2, 0.25) is 0 Å². The monoisotopic (exact) mass is 486 g/mol. The van der Waals surface area contributed by atoms with Gasteiger partial charge >= 0.3 is 5.97 Å². The number of para-hydroxylation sites is 1. The van der Waals surface area contributed by atoms with E-state index in [1.165, 1.54) is 0 Å². The summed E-state index contributed by atoms with van der Waals surface area (Å²) in [5, 5.41) is 5.72. The number of carbonyl (C=O) groups is 2. The van der Waals surface area contributed by atoms with Gasteiger partial charge in [0.1, 0.15) is 13.2 Å². The molecule has 1 aliphatic heterocycles. The van der Waals surface area contributed by atoms with Crippen molar-refractivity contribution in [3.63, 3.8) is 0 Å². The maximum atomic E-state index is 12.6. The van der Waals surface area contributed by atoms with Crippen molar-refractivity contribution in [1.29, 1.82) is 0 Å². The number of halogens is 2. The SMILES string of the molecule is O=C(COC(=O)c1ccccc1Nc1ccc(SC(F)F)cc1)Nc1ccc2c(c1)OCCO2. The van der Waals surface area contributed by atoms with E-state index in [9.17, 15) is 18.4 Å². The Kier molecular flexibility index (Phi) is 7.48. The topological polar surface area (TPSA) is 85.9 Å². The van der Waals surface area contributed by atoms with Crippen LogP contribution in [0.1, 0.15) is 10.4 Å². The van der Waals surface area contributed by atoms with Crippen LogP contribution in [0.3, 0.4) is 0 Å². The summed E-state index contributed by atoms with van der Waals surface area (Å²) >= 11 is 0.452. The minimum Gasteiger partial charge on any atom is -0.486 e. The van der Waals surface area contributed by atoms with Crippen LogP contribution in [0.25, 0.3) is 0 Å². The van der Waals surface area contributed by atoms with E-state index in [-0.39, 0.29) is 5.56 Å². The molecule has 4 rings (SSSR count). The normalized spacial score (nSPS) is 12.2. The fraction of sp³-hybridized carbons (Fsp3) is 0.167. The Balaban J connectivity index is 1.35. The average molecular weight is 486 g/mol. The Morgan fingerprint density at radius 2 is 1.65 bits per heavy atom. The maximum Gasteiger partial charge on any atom is 0.340 e. The molecule has 0 fully saturated rings. The van der Waals surface area contributed by atoms with Crippen LogP contribution in [-0.2, 0) is 9.53 Å². The van der Waals surface area contributed by atoms with Crippen LogP contribution >= 0.6 is 11.8 Å². The number of fused-ring (bicyclic) bond motifs is 1. The molecule has 0 saturated heterocycles. The molecule has 0 radical (unpaired) electrons. The highest BCUT2D eigenvalue weighted by molar-refractivity contribution is 7.99. The Morgan fingerprint density at radius 3 is 2.41 bits per heavy atom. The van der Waals surface area contributed by atoms with Crippen molar-refractivity contribution in [2.75, 3.05) is 30.5 Å². The molecule has 0 spiro atoms. The van der Waals surface area contributed by atoms with Gasteiger partial charge in [-0.2, -0.15) is 8.78 Å². The van der Waals surface area contributed by atoms with E-state index in [2.05, 4.69) is 10.6 Å². The number of hydrogen-bond donors (Lipinski definition) is 2. The first-order chi connectivity index (χ1) is 16.5. The summed E-state index contributed by atoms with van der Waals surface area (Å²) in [7, 11) is 0. The average Bonchev–Trinajstić information content (AvgIpc) is 2.84. The second kappa shape index (κ2) is 10.9. The standard InChI is InChI=1S/C24H20F2N2O5S/c25-24(26)34-17-8-5-15(6-9-17)27-19-4-2-1-3-18(19)23(30)33-14-22(29)28-16-7-10-20-21(13-16)32-12-11-31-20/h1-10,13,24,27H,11-12,14H2,(H,28,29). The van der Waals surface area contributed by atoms with E-state index in [4.69, 9.17) is 14.2 Å². The third kappa shape index (κ3) is 6.16. The lowest BCUT2D eigenvalue weighted by atomic mass is 10.1. The Bertz CT molecular complexity index is 1170. The third-order valence-electron chi connectivity index (χ3n) is 4.67. The first kappa shape index (κ1) is 23.4. The first-order valence-electron chi connectivity index (χ1n) is 10.3. The Labute approximate surface area is 198 Å². The van der Waals surface area contributed by atoms with E-state index < -0.39 is 24.2 Å². The lowest BCUT2D eigenvalue weighted by Crippen LogP contribution is -2.21. The number of anilines is 3. The highest BCUT2D eigenvalue weighted by atomic mass is 32.2. The molecular weight excluding hydrogens is 466 g/mol. The predicted molar refractivity (Wildman–Crippen MR) is 124 cm³/mol. The van der Waals surface area contributed by atoms with E-state index in [1.54, 1.807) is 66.7 Å². The summed E-state index contributed by atoms with van der Waals surface area (Å²) in [5.41, 5.74) is 1.77. The van der Waals surface area contributed by atoms with Crippen molar-refractivity contribution in [2.24, 2.45) is 0 Å². The summed E-state index contributed by atoms with van der Waals surface area (Å²) in [5.74, 6) is -2.57. The highest BCUT2D eigenvalue weighted by Gasteiger charge is 2.16. The molecule has 0 atom stereocenters. The fourth-order valence-electron chi connectivity index (χ4n) is 3.17. The molecule has 0 aliphatic carbocycles. The minimum absolute atomic E-state index is 0.223. The summed E-state index contributed by atoms with van der Waals surface area (Å²) < 4.78 is 41.1. The number of rotatable bonds is 8. The van der Waals surface area contributed by atoms with Gasteiger partial charge in [0.25, 0.3) is 11.7 Å². The van der Waals surface area contributed by atoms with Crippen molar-refractivity contribution in [1.82, 2.24) is 0 Å². The summed E-state index contributed by atoms with van der Waals surface area (Å²) in [6, 6.07) is 18.0. The fourth-order valence-corrected chi connectivity index (χ4v) is 3.67. The van der Waals surface area contributed by atoms with Crippen molar-refractivity contribution in [2.45, 2.75) is 10.7 Å². The van der Waals surface area contributed by atoms with E-state index in [0.29, 0.717) is 58.4 Å². The number of hydrogen-bond acceptors (Lipinski definition) is 7. The summed E-state index contributed by atoms with van der Waals surface area (Å²) in [6.07, 6.45) is 0. The molecule has 0 bridgehead atoms. The number of amides is 1. The van der Waals surface area contributed by atoms with Crippen LogP contribution in [0.4, 0.5) is 25.8 Å². The number of nitrogens with one attached hydrogen (secondary N) is 2. The lowest BCUT2D eigenvalue weighted by Gasteiger charge is -2.19. The largest absolute Gasteiger partial charge is 0.486 e. The second-order valence-corrected chi connectivity index (χ2v) is 8.12. The molecule has 1 amide bonds.